The van der Waals surface area contributed by atoms with Crippen LogP contribution in [0.25, 0.3) is 0 Å². The highest BCUT2D eigenvalue weighted by molar-refractivity contribution is 7.80. The van der Waals surface area contributed by atoms with Crippen LogP contribution < -0.4 is 0 Å². The van der Waals surface area contributed by atoms with E-state index in [0.717, 1.165) is 30.8 Å². The summed E-state index contributed by atoms with van der Waals surface area (Å²) < 4.78 is 0. The highest BCUT2D eigenvalue weighted by Crippen LogP contribution is 2.09. The molecule has 0 saturated heterocycles. The van der Waals surface area contributed by atoms with Gasteiger partial charge in [-0.15, -0.1) is 0 Å². The smallest absolute Gasteiger partial charge is 0.227 e. The lowest BCUT2D eigenvalue weighted by molar-refractivity contribution is -0.129. The van der Waals surface area contributed by atoms with Crippen LogP contribution in [0.5, 0.6) is 0 Å². The lowest BCUT2D eigenvalue weighted by Gasteiger charge is -2.18. The quantitative estimate of drug-likeness (QED) is 0.411. The van der Waals surface area contributed by atoms with Crippen LogP contribution in [0.2, 0.25) is 0 Å². The van der Waals surface area contributed by atoms with Crippen molar-refractivity contribution < 1.29 is 4.79 Å². The molecule has 2 nitrogen and oxygen atoms in total. The first-order chi connectivity index (χ1) is 8.65. The van der Waals surface area contributed by atoms with Crippen molar-refractivity contribution in [3.63, 3.8) is 0 Å². The molecule has 0 rings (SSSR count). The van der Waals surface area contributed by atoms with Crippen LogP contribution in [0.1, 0.15) is 72.1 Å². The maximum atomic E-state index is 11.8. The average molecular weight is 271 g/mol. The van der Waals surface area contributed by atoms with Gasteiger partial charge in [0, 0.05) is 18.0 Å². The lowest BCUT2D eigenvalue weighted by Crippen LogP contribution is -2.31. The van der Waals surface area contributed by atoms with Gasteiger partial charge < -0.3 is 4.90 Å². The Labute approximate surface area is 118 Å². The Morgan fingerprint density at radius 3 is 2.06 bits per heavy atom. The van der Waals surface area contributed by atoms with Crippen molar-refractivity contribution in [1.82, 2.24) is 4.90 Å². The maximum Gasteiger partial charge on any atom is 0.227 e. The van der Waals surface area contributed by atoms with Gasteiger partial charge in [0.15, 0.2) is 0 Å². The first-order valence-corrected chi connectivity index (χ1v) is 7.85. The molecule has 0 radical (unpaired) electrons. The van der Waals surface area contributed by atoms with E-state index in [1.165, 1.54) is 32.1 Å². The van der Waals surface area contributed by atoms with Crippen LogP contribution in [0.15, 0.2) is 0 Å². The summed E-state index contributed by atoms with van der Waals surface area (Å²) in [6, 6.07) is 0. The van der Waals surface area contributed by atoms with Gasteiger partial charge in [-0.1, -0.05) is 51.2 Å². The minimum atomic E-state index is 0.191. The third-order valence-electron chi connectivity index (χ3n) is 3.27. The number of unbranched alkanes of at least 4 members (excludes halogenated alkanes) is 5. The number of hydrogen-bond acceptors (Lipinski definition) is 2. The lowest BCUT2D eigenvalue weighted by atomic mass is 10.1. The third-order valence-corrected chi connectivity index (χ3v) is 3.62. The van der Waals surface area contributed by atoms with Crippen LogP contribution in [0, 0.1) is 0 Å². The molecule has 106 valence electrons. The molecule has 18 heavy (non-hydrogen) atoms. The van der Waals surface area contributed by atoms with Gasteiger partial charge in [-0.2, -0.15) is 0 Å². The van der Waals surface area contributed by atoms with E-state index < -0.39 is 0 Å². The molecular weight excluding hydrogens is 242 g/mol. The number of nitrogens with zero attached hydrogens (tertiary/aromatic N) is 1. The predicted octanol–water partition coefficient (Wildman–Crippen LogP) is 4.37. The Morgan fingerprint density at radius 2 is 1.50 bits per heavy atom. The van der Waals surface area contributed by atoms with Gasteiger partial charge >= 0.3 is 0 Å². The minimum absolute atomic E-state index is 0.191. The third kappa shape index (κ3) is 8.62. The molecule has 0 aliphatic heterocycles. The zero-order valence-electron chi connectivity index (χ0n) is 12.3. The van der Waals surface area contributed by atoms with Gasteiger partial charge in [0.05, 0.1) is 6.42 Å². The summed E-state index contributed by atoms with van der Waals surface area (Å²) in [4.78, 5) is 14.6. The van der Waals surface area contributed by atoms with Gasteiger partial charge in [-0.3, -0.25) is 4.79 Å². The Hall–Kier alpha value is -0.440. The molecule has 0 aromatic rings. The molecule has 0 aliphatic carbocycles. The van der Waals surface area contributed by atoms with Crippen molar-refractivity contribution in [2.24, 2.45) is 0 Å². The summed E-state index contributed by atoms with van der Waals surface area (Å²) in [6.45, 7) is 7.83. The number of amides is 1. The molecule has 0 saturated carbocycles. The summed E-state index contributed by atoms with van der Waals surface area (Å²) in [5, 5.41) is 0. The molecule has 0 fully saturated rings. The van der Waals surface area contributed by atoms with E-state index >= 15 is 0 Å². The van der Waals surface area contributed by atoms with E-state index in [1.807, 2.05) is 18.7 Å². The van der Waals surface area contributed by atoms with Crippen molar-refractivity contribution in [2.75, 3.05) is 13.1 Å². The van der Waals surface area contributed by atoms with E-state index in [9.17, 15) is 4.79 Å². The highest BCUT2D eigenvalue weighted by atomic mass is 32.1. The summed E-state index contributed by atoms with van der Waals surface area (Å²) in [6.07, 6.45) is 9.07. The van der Waals surface area contributed by atoms with Crippen molar-refractivity contribution in [1.29, 1.82) is 0 Å². The zero-order valence-corrected chi connectivity index (χ0v) is 13.2. The van der Waals surface area contributed by atoms with Gasteiger partial charge in [0.25, 0.3) is 0 Å². The van der Waals surface area contributed by atoms with E-state index in [1.54, 1.807) is 0 Å². The Bertz CT molecular complexity index is 237. The van der Waals surface area contributed by atoms with Crippen LogP contribution in [0.3, 0.4) is 0 Å². The fraction of sp³-hybridized carbons (Fsp3) is 0.867. The van der Waals surface area contributed by atoms with Crippen molar-refractivity contribution in [3.8, 4) is 0 Å². The molecule has 0 bridgehead atoms. The fourth-order valence-corrected chi connectivity index (χ4v) is 2.32. The second-order valence-corrected chi connectivity index (χ2v) is 5.38. The number of rotatable bonds is 11. The molecule has 0 spiro atoms. The normalized spacial score (nSPS) is 10.4. The summed E-state index contributed by atoms with van der Waals surface area (Å²) in [5.41, 5.74) is 0. The SMILES string of the molecule is CCCCCCCCC(=S)CC(=O)N(CC)CC. The Morgan fingerprint density at radius 1 is 0.944 bits per heavy atom. The van der Waals surface area contributed by atoms with Crippen LogP contribution in [-0.4, -0.2) is 28.8 Å². The van der Waals surface area contributed by atoms with Gasteiger partial charge in [-0.25, -0.2) is 0 Å². The summed E-state index contributed by atoms with van der Waals surface area (Å²) in [5.74, 6) is 0.191. The van der Waals surface area contributed by atoms with Gasteiger partial charge in [0.2, 0.25) is 5.91 Å². The van der Waals surface area contributed by atoms with E-state index in [4.69, 9.17) is 12.2 Å². The first-order valence-electron chi connectivity index (χ1n) is 7.45. The van der Waals surface area contributed by atoms with Crippen LogP contribution in [0.4, 0.5) is 0 Å². The molecule has 0 atom stereocenters. The predicted molar refractivity (Wildman–Crippen MR) is 83.1 cm³/mol. The molecule has 1 amide bonds. The second-order valence-electron chi connectivity index (χ2n) is 4.80. The van der Waals surface area contributed by atoms with Crippen molar-refractivity contribution in [3.05, 3.63) is 0 Å². The standard InChI is InChI=1S/C15H29NOS/c1-4-7-8-9-10-11-12-14(18)13-15(17)16(5-2)6-3/h4-13H2,1-3H3. The molecule has 0 unspecified atom stereocenters. The molecule has 3 heteroatoms. The Kier molecular flexibility index (Phi) is 11.4. The van der Waals surface area contributed by atoms with E-state index in [2.05, 4.69) is 6.92 Å². The highest BCUT2D eigenvalue weighted by Gasteiger charge is 2.11. The summed E-state index contributed by atoms with van der Waals surface area (Å²) in [7, 11) is 0. The average Bonchev–Trinajstić information content (AvgIpc) is 2.35. The molecule has 0 aromatic heterocycles. The molecule has 0 heterocycles. The van der Waals surface area contributed by atoms with Crippen molar-refractivity contribution in [2.45, 2.75) is 72.1 Å². The van der Waals surface area contributed by atoms with Crippen LogP contribution >= 0.6 is 12.2 Å². The topological polar surface area (TPSA) is 20.3 Å². The van der Waals surface area contributed by atoms with E-state index in [-0.39, 0.29) is 5.91 Å². The zero-order chi connectivity index (χ0) is 13.8. The Balaban J connectivity index is 3.61. The number of hydrogen-bond donors (Lipinski definition) is 0. The minimum Gasteiger partial charge on any atom is -0.343 e. The van der Waals surface area contributed by atoms with Crippen molar-refractivity contribution >= 4 is 23.0 Å². The monoisotopic (exact) mass is 271 g/mol. The van der Waals surface area contributed by atoms with Crippen LogP contribution in [-0.2, 0) is 4.79 Å². The molecule has 0 aliphatic rings. The number of carbonyl (C=O) groups excluding carboxylic acids is 1. The first kappa shape index (κ1) is 17.6. The molecular formula is C15H29NOS. The number of carbonyl (C=O) groups is 1. The fourth-order valence-electron chi connectivity index (χ4n) is 2.05. The number of thiocarbonyl (C=S) groups is 1. The largest absolute Gasteiger partial charge is 0.343 e. The molecule has 0 N–H and O–H groups in total. The maximum absolute atomic E-state index is 11.8. The molecule has 0 aromatic carbocycles. The van der Waals surface area contributed by atoms with E-state index in [0.29, 0.717) is 6.42 Å². The second kappa shape index (κ2) is 11.6. The van der Waals surface area contributed by atoms with Gasteiger partial charge in [-0.05, 0) is 26.7 Å². The summed E-state index contributed by atoms with van der Waals surface area (Å²) >= 11 is 5.30. The van der Waals surface area contributed by atoms with Gasteiger partial charge in [0.1, 0.15) is 0 Å².